The molecule has 8 heteroatoms. The van der Waals surface area contributed by atoms with Gasteiger partial charge in [-0.3, -0.25) is 13.9 Å². The van der Waals surface area contributed by atoms with Crippen molar-refractivity contribution in [3.63, 3.8) is 0 Å². The molecule has 1 N–H and O–H groups in total. The van der Waals surface area contributed by atoms with E-state index in [4.69, 9.17) is 11.6 Å². The van der Waals surface area contributed by atoms with Gasteiger partial charge in [-0.2, -0.15) is 0 Å². The Morgan fingerprint density at radius 3 is 2.60 bits per heavy atom. The number of hydrogen-bond donors (Lipinski definition) is 1. The maximum atomic E-state index is 12.5. The van der Waals surface area contributed by atoms with Gasteiger partial charge in [-0.25, -0.2) is 0 Å². The second-order valence-corrected chi connectivity index (χ2v) is 8.12. The Balaban J connectivity index is 1.52. The molecule has 30 heavy (non-hydrogen) atoms. The predicted molar refractivity (Wildman–Crippen MR) is 120 cm³/mol. The van der Waals surface area contributed by atoms with Crippen molar-refractivity contribution in [2.24, 2.45) is 0 Å². The summed E-state index contributed by atoms with van der Waals surface area (Å²) < 4.78 is 3.92. The number of thioether (sulfide) groups is 1. The molecule has 4 rings (SSSR count). The third-order valence-electron chi connectivity index (χ3n) is 4.52. The fraction of sp³-hybridized carbons (Fsp3) is 0.136. The van der Waals surface area contributed by atoms with Gasteiger partial charge in [0.25, 0.3) is 0 Å². The van der Waals surface area contributed by atoms with Crippen molar-refractivity contribution in [3.8, 4) is 5.95 Å². The zero-order valence-electron chi connectivity index (χ0n) is 16.3. The van der Waals surface area contributed by atoms with Crippen LogP contribution in [0.4, 0.5) is 5.69 Å². The molecule has 0 fully saturated rings. The van der Waals surface area contributed by atoms with Gasteiger partial charge in [0, 0.05) is 23.1 Å². The van der Waals surface area contributed by atoms with E-state index in [1.165, 1.54) is 11.8 Å². The minimum Gasteiger partial charge on any atom is -0.325 e. The molecule has 0 aliphatic heterocycles. The lowest BCUT2D eigenvalue weighted by Crippen LogP contribution is -2.16. The van der Waals surface area contributed by atoms with Gasteiger partial charge in [0.15, 0.2) is 5.16 Å². The number of carbonyl (C=O) groups is 1. The summed E-state index contributed by atoms with van der Waals surface area (Å²) in [5.41, 5.74) is 2.80. The van der Waals surface area contributed by atoms with Gasteiger partial charge in [-0.05, 0) is 42.3 Å². The SMILES string of the molecule is Cc1ccc(Cl)cc1NC(=O)CSc1nnc(-n2cccc2)n1Cc1ccccc1. The van der Waals surface area contributed by atoms with E-state index in [0.717, 1.165) is 11.1 Å². The van der Waals surface area contributed by atoms with Gasteiger partial charge in [0.05, 0.1) is 12.3 Å². The van der Waals surface area contributed by atoms with Crippen LogP contribution in [0.5, 0.6) is 0 Å². The molecule has 0 spiro atoms. The highest BCUT2D eigenvalue weighted by molar-refractivity contribution is 7.99. The molecule has 6 nitrogen and oxygen atoms in total. The number of aromatic nitrogens is 4. The normalized spacial score (nSPS) is 10.9. The minimum absolute atomic E-state index is 0.123. The second kappa shape index (κ2) is 9.19. The highest BCUT2D eigenvalue weighted by Crippen LogP contribution is 2.23. The number of nitrogens with one attached hydrogen (secondary N) is 1. The summed E-state index contributed by atoms with van der Waals surface area (Å²) >= 11 is 7.39. The molecule has 0 saturated carbocycles. The van der Waals surface area contributed by atoms with Crippen LogP contribution in [0.2, 0.25) is 5.02 Å². The Labute approximate surface area is 183 Å². The highest BCUT2D eigenvalue weighted by Gasteiger charge is 2.16. The first kappa shape index (κ1) is 20.3. The number of nitrogens with zero attached hydrogens (tertiary/aromatic N) is 4. The Kier molecular flexibility index (Phi) is 6.21. The van der Waals surface area contributed by atoms with Crippen LogP contribution in [0.15, 0.2) is 78.2 Å². The van der Waals surface area contributed by atoms with Crippen LogP contribution in [0, 0.1) is 6.92 Å². The lowest BCUT2D eigenvalue weighted by atomic mass is 10.2. The van der Waals surface area contributed by atoms with E-state index < -0.39 is 0 Å². The first-order valence-corrected chi connectivity index (χ1v) is 10.8. The highest BCUT2D eigenvalue weighted by atomic mass is 35.5. The smallest absolute Gasteiger partial charge is 0.236 e. The van der Waals surface area contributed by atoms with E-state index in [1.54, 1.807) is 12.1 Å². The van der Waals surface area contributed by atoms with Gasteiger partial charge >= 0.3 is 0 Å². The van der Waals surface area contributed by atoms with E-state index in [2.05, 4.69) is 27.6 Å². The average molecular weight is 438 g/mol. The summed E-state index contributed by atoms with van der Waals surface area (Å²) in [6.07, 6.45) is 3.85. The van der Waals surface area contributed by atoms with E-state index in [0.29, 0.717) is 28.4 Å². The maximum absolute atomic E-state index is 12.5. The molecule has 0 bridgehead atoms. The van der Waals surface area contributed by atoms with Gasteiger partial charge in [0.1, 0.15) is 0 Å². The molecular formula is C22H20ClN5OS. The lowest BCUT2D eigenvalue weighted by Gasteiger charge is -2.11. The molecule has 2 aromatic carbocycles. The van der Waals surface area contributed by atoms with Crippen LogP contribution >= 0.6 is 23.4 Å². The van der Waals surface area contributed by atoms with Crippen molar-refractivity contribution >= 4 is 35.0 Å². The number of benzene rings is 2. The molecule has 0 aliphatic rings. The van der Waals surface area contributed by atoms with Gasteiger partial charge in [0.2, 0.25) is 11.9 Å². The molecule has 2 aromatic heterocycles. The number of aryl methyl sites for hydroxylation is 1. The van der Waals surface area contributed by atoms with Crippen LogP contribution in [0.3, 0.4) is 0 Å². The van der Waals surface area contributed by atoms with Gasteiger partial charge in [-0.1, -0.05) is 59.8 Å². The van der Waals surface area contributed by atoms with Crippen LogP contribution < -0.4 is 5.32 Å². The molecule has 0 radical (unpaired) electrons. The predicted octanol–water partition coefficient (Wildman–Crippen LogP) is 4.81. The number of halogens is 1. The summed E-state index contributed by atoms with van der Waals surface area (Å²) in [6, 6.07) is 19.4. The molecule has 0 atom stereocenters. The lowest BCUT2D eigenvalue weighted by molar-refractivity contribution is -0.113. The zero-order chi connectivity index (χ0) is 20.9. The van der Waals surface area contributed by atoms with Crippen LogP contribution in [-0.2, 0) is 11.3 Å². The topological polar surface area (TPSA) is 64.7 Å². The summed E-state index contributed by atoms with van der Waals surface area (Å²) in [5, 5.41) is 12.9. The molecular weight excluding hydrogens is 418 g/mol. The number of carbonyl (C=O) groups excluding carboxylic acids is 1. The average Bonchev–Trinajstić information content (AvgIpc) is 3.40. The van der Waals surface area contributed by atoms with E-state index in [-0.39, 0.29) is 11.7 Å². The van der Waals surface area contributed by atoms with Crippen molar-refractivity contribution in [1.29, 1.82) is 0 Å². The molecule has 1 amide bonds. The van der Waals surface area contributed by atoms with Crippen LogP contribution in [0.25, 0.3) is 5.95 Å². The quantitative estimate of drug-likeness (QED) is 0.421. The van der Waals surface area contributed by atoms with Crippen molar-refractivity contribution in [3.05, 3.63) is 89.2 Å². The summed E-state index contributed by atoms with van der Waals surface area (Å²) in [7, 11) is 0. The summed E-state index contributed by atoms with van der Waals surface area (Å²) in [4.78, 5) is 12.5. The van der Waals surface area contributed by atoms with Gasteiger partial charge in [-0.15, -0.1) is 10.2 Å². The Morgan fingerprint density at radius 1 is 1.07 bits per heavy atom. The van der Waals surface area contributed by atoms with Crippen molar-refractivity contribution in [2.75, 3.05) is 11.1 Å². The molecule has 4 aromatic rings. The maximum Gasteiger partial charge on any atom is 0.236 e. The van der Waals surface area contributed by atoms with Crippen LogP contribution in [0.1, 0.15) is 11.1 Å². The Bertz CT molecular complexity index is 1140. The van der Waals surface area contributed by atoms with Crippen molar-refractivity contribution < 1.29 is 4.79 Å². The standard InChI is InChI=1S/C22H20ClN5OS/c1-16-9-10-18(23)13-19(16)24-20(29)15-30-22-26-25-21(27-11-5-6-12-27)28(22)14-17-7-3-2-4-8-17/h2-13H,14-15H2,1H3,(H,24,29). The van der Waals surface area contributed by atoms with Crippen molar-refractivity contribution in [2.45, 2.75) is 18.6 Å². The fourth-order valence-electron chi connectivity index (χ4n) is 3.00. The second-order valence-electron chi connectivity index (χ2n) is 6.74. The van der Waals surface area contributed by atoms with Crippen LogP contribution in [-0.4, -0.2) is 31.0 Å². The summed E-state index contributed by atoms with van der Waals surface area (Å²) in [6.45, 7) is 2.54. The molecule has 152 valence electrons. The molecule has 2 heterocycles. The first-order valence-electron chi connectivity index (χ1n) is 9.39. The first-order chi connectivity index (χ1) is 14.6. The minimum atomic E-state index is -0.123. The van der Waals surface area contributed by atoms with E-state index >= 15 is 0 Å². The molecule has 0 unspecified atom stereocenters. The van der Waals surface area contributed by atoms with E-state index in [9.17, 15) is 4.79 Å². The Hall–Kier alpha value is -3.03. The fourth-order valence-corrected chi connectivity index (χ4v) is 3.90. The largest absolute Gasteiger partial charge is 0.325 e. The Morgan fingerprint density at radius 2 is 1.83 bits per heavy atom. The molecule has 0 aliphatic carbocycles. The number of anilines is 1. The number of hydrogen-bond acceptors (Lipinski definition) is 4. The van der Waals surface area contributed by atoms with E-state index in [1.807, 2.05) is 64.8 Å². The molecule has 0 saturated heterocycles. The zero-order valence-corrected chi connectivity index (χ0v) is 17.9. The summed E-state index contributed by atoms with van der Waals surface area (Å²) in [5.74, 6) is 0.796. The monoisotopic (exact) mass is 437 g/mol. The number of amides is 1. The number of rotatable bonds is 7. The van der Waals surface area contributed by atoms with Gasteiger partial charge < -0.3 is 5.32 Å². The third kappa shape index (κ3) is 4.75. The third-order valence-corrected chi connectivity index (χ3v) is 5.72. The van der Waals surface area contributed by atoms with Crippen molar-refractivity contribution in [1.82, 2.24) is 19.3 Å².